The molecule has 1 aliphatic rings. The maximum atomic E-state index is 13.3. The monoisotopic (exact) mass is 559 g/mol. The van der Waals surface area contributed by atoms with Gasteiger partial charge in [-0.05, 0) is 34.7 Å². The van der Waals surface area contributed by atoms with E-state index < -0.39 is 23.5 Å². The Labute approximate surface area is 222 Å². The zero-order chi connectivity index (χ0) is 24.5. The van der Waals surface area contributed by atoms with Gasteiger partial charge in [-0.2, -0.15) is 0 Å². The molecule has 0 fully saturated rings. The number of carbonyl (C=O) groups is 2. The zero-order valence-electron chi connectivity index (χ0n) is 17.7. The van der Waals surface area contributed by atoms with Crippen molar-refractivity contribution in [2.24, 2.45) is 0 Å². The fraction of sp³-hybridized carbons (Fsp3) is 0.0833. The maximum absolute atomic E-state index is 13.3. The molecule has 4 aromatic rings. The molecule has 2 aromatic carbocycles. The minimum atomic E-state index is -0.824. The molecular formula is C24H15Cl2N3O3S3. The van der Waals surface area contributed by atoms with Gasteiger partial charge in [0.2, 0.25) is 10.9 Å². The number of aromatic nitrogens is 2. The molecule has 0 radical (unpaired) electrons. The van der Waals surface area contributed by atoms with E-state index in [1.807, 2.05) is 36.4 Å². The van der Waals surface area contributed by atoms with Crippen LogP contribution in [0.25, 0.3) is 0 Å². The van der Waals surface area contributed by atoms with E-state index in [4.69, 9.17) is 23.2 Å². The Hall–Kier alpha value is -2.69. The number of thioether (sulfide) groups is 1. The molecule has 0 saturated heterocycles. The van der Waals surface area contributed by atoms with Crippen LogP contribution < -0.4 is 4.90 Å². The third kappa shape index (κ3) is 4.74. The summed E-state index contributed by atoms with van der Waals surface area (Å²) in [5, 5.41) is 22.4. The second-order valence-corrected chi connectivity index (χ2v) is 11.4. The van der Waals surface area contributed by atoms with Gasteiger partial charge in [0.1, 0.15) is 0 Å². The zero-order valence-corrected chi connectivity index (χ0v) is 21.7. The average molecular weight is 561 g/mol. The van der Waals surface area contributed by atoms with Crippen LogP contribution in [-0.2, 0) is 10.5 Å². The number of aliphatic hydroxyl groups is 1. The molecule has 1 unspecified atom stereocenters. The van der Waals surface area contributed by atoms with Crippen LogP contribution in [0.15, 0.2) is 81.7 Å². The fourth-order valence-electron chi connectivity index (χ4n) is 3.66. The molecular weight excluding hydrogens is 545 g/mol. The molecule has 1 atom stereocenters. The highest BCUT2D eigenvalue weighted by Crippen LogP contribution is 2.44. The number of halogens is 2. The lowest BCUT2D eigenvalue weighted by Gasteiger charge is -2.23. The number of hydrogen-bond donors (Lipinski definition) is 1. The number of hydrogen-bond acceptors (Lipinski definition) is 8. The summed E-state index contributed by atoms with van der Waals surface area (Å²) in [5.41, 5.74) is 1.60. The van der Waals surface area contributed by atoms with Crippen molar-refractivity contribution in [1.82, 2.24) is 10.2 Å². The van der Waals surface area contributed by atoms with E-state index >= 15 is 0 Å². The van der Waals surface area contributed by atoms with Gasteiger partial charge in [-0.3, -0.25) is 14.5 Å². The first kappa shape index (κ1) is 24.0. The molecule has 5 rings (SSSR count). The Balaban J connectivity index is 1.46. The van der Waals surface area contributed by atoms with E-state index in [1.165, 1.54) is 39.3 Å². The van der Waals surface area contributed by atoms with Crippen LogP contribution in [0.1, 0.15) is 26.8 Å². The number of anilines is 1. The number of nitrogens with zero attached hydrogens (tertiary/aromatic N) is 3. The minimum Gasteiger partial charge on any atom is -0.503 e. The summed E-state index contributed by atoms with van der Waals surface area (Å²) >= 11 is 16.1. The summed E-state index contributed by atoms with van der Waals surface area (Å²) in [6, 6.07) is 17.0. The summed E-state index contributed by atoms with van der Waals surface area (Å²) in [7, 11) is 0. The second-order valence-electron chi connectivity index (χ2n) is 7.43. The van der Waals surface area contributed by atoms with E-state index in [2.05, 4.69) is 10.2 Å². The third-order valence-corrected chi connectivity index (χ3v) is 8.84. The molecule has 2 aromatic heterocycles. The van der Waals surface area contributed by atoms with E-state index in [-0.39, 0.29) is 10.7 Å². The Morgan fingerprint density at radius 3 is 2.60 bits per heavy atom. The maximum Gasteiger partial charge on any atom is 0.296 e. The molecule has 176 valence electrons. The van der Waals surface area contributed by atoms with Crippen molar-refractivity contribution in [3.05, 3.63) is 103 Å². The van der Waals surface area contributed by atoms with Gasteiger partial charge >= 0.3 is 0 Å². The second kappa shape index (κ2) is 10.1. The first-order valence-corrected chi connectivity index (χ1v) is 13.7. The van der Waals surface area contributed by atoms with Gasteiger partial charge in [0.25, 0.3) is 5.91 Å². The molecule has 11 heteroatoms. The number of amides is 1. The highest BCUT2D eigenvalue weighted by Gasteiger charge is 2.46. The normalized spacial score (nSPS) is 15.8. The number of benzene rings is 2. The van der Waals surface area contributed by atoms with E-state index in [1.54, 1.807) is 29.6 Å². The Morgan fingerprint density at radius 1 is 1.09 bits per heavy atom. The number of thiophene rings is 1. The van der Waals surface area contributed by atoms with Crippen LogP contribution in [-0.4, -0.2) is 27.0 Å². The van der Waals surface area contributed by atoms with Gasteiger partial charge in [0, 0.05) is 15.8 Å². The topological polar surface area (TPSA) is 83.4 Å². The summed E-state index contributed by atoms with van der Waals surface area (Å²) in [6.45, 7) is 0. The first-order valence-electron chi connectivity index (χ1n) is 10.2. The molecule has 0 bridgehead atoms. The number of carbonyl (C=O) groups excluding carboxylic acids is 2. The van der Waals surface area contributed by atoms with E-state index in [9.17, 15) is 14.7 Å². The van der Waals surface area contributed by atoms with Crippen molar-refractivity contribution < 1.29 is 14.7 Å². The van der Waals surface area contributed by atoms with Crippen molar-refractivity contribution >= 4 is 74.5 Å². The smallest absolute Gasteiger partial charge is 0.296 e. The van der Waals surface area contributed by atoms with Crippen molar-refractivity contribution in [3.63, 3.8) is 0 Å². The molecule has 6 nitrogen and oxygen atoms in total. The predicted octanol–water partition coefficient (Wildman–Crippen LogP) is 6.98. The predicted molar refractivity (Wildman–Crippen MR) is 141 cm³/mol. The molecule has 3 heterocycles. The highest BCUT2D eigenvalue weighted by atomic mass is 35.5. The Kier molecular flexibility index (Phi) is 6.95. The van der Waals surface area contributed by atoms with E-state index in [0.29, 0.717) is 30.6 Å². The standard InChI is InChI=1S/C24H15Cl2N3O3S3/c25-15-9-8-14(16(26)11-15)12-34-24-28-27-23(35-24)29-19(13-5-2-1-3-6-13)18(21(31)22(29)32)20(30)17-7-4-10-33-17/h1-11,19,31H,12H2. The molecule has 1 amide bonds. The molecule has 0 spiro atoms. The number of Topliss-reactive ketones (excluding diaryl/α,β-unsaturated/α-hetero) is 1. The van der Waals surface area contributed by atoms with Gasteiger partial charge in [-0.15, -0.1) is 21.5 Å². The van der Waals surface area contributed by atoms with Gasteiger partial charge < -0.3 is 5.11 Å². The van der Waals surface area contributed by atoms with Crippen LogP contribution in [0.5, 0.6) is 0 Å². The van der Waals surface area contributed by atoms with Crippen molar-refractivity contribution in [1.29, 1.82) is 0 Å². The SMILES string of the molecule is O=C(C1=C(O)C(=O)N(c2nnc(SCc3ccc(Cl)cc3Cl)s2)C1c1ccccc1)c1cccs1. The molecule has 0 saturated carbocycles. The van der Waals surface area contributed by atoms with Gasteiger partial charge in [0.15, 0.2) is 10.1 Å². The largest absolute Gasteiger partial charge is 0.503 e. The van der Waals surface area contributed by atoms with Crippen molar-refractivity contribution in [3.8, 4) is 0 Å². The summed E-state index contributed by atoms with van der Waals surface area (Å²) < 4.78 is 0.614. The van der Waals surface area contributed by atoms with Gasteiger partial charge in [0.05, 0.1) is 16.5 Å². The molecule has 1 N–H and O–H groups in total. The molecule has 35 heavy (non-hydrogen) atoms. The number of rotatable bonds is 7. The average Bonchev–Trinajstić information content (AvgIpc) is 3.60. The lowest BCUT2D eigenvalue weighted by molar-refractivity contribution is -0.117. The fourth-order valence-corrected chi connectivity index (χ4v) is 6.77. The first-order chi connectivity index (χ1) is 16.9. The summed E-state index contributed by atoms with van der Waals surface area (Å²) in [4.78, 5) is 28.3. The third-order valence-electron chi connectivity index (χ3n) is 5.28. The van der Waals surface area contributed by atoms with Crippen LogP contribution in [0.3, 0.4) is 0 Å². The minimum absolute atomic E-state index is 0.0287. The summed E-state index contributed by atoms with van der Waals surface area (Å²) in [5.74, 6) is -1.12. The number of aliphatic hydroxyl groups excluding tert-OH is 1. The quantitative estimate of drug-likeness (QED) is 0.149. The Bertz CT molecular complexity index is 1440. The van der Waals surface area contributed by atoms with Crippen LogP contribution in [0.2, 0.25) is 10.0 Å². The van der Waals surface area contributed by atoms with E-state index in [0.717, 1.165) is 5.56 Å². The van der Waals surface area contributed by atoms with Crippen LogP contribution >= 0.6 is 57.6 Å². The van der Waals surface area contributed by atoms with Crippen molar-refractivity contribution in [2.45, 2.75) is 16.1 Å². The van der Waals surface area contributed by atoms with Gasteiger partial charge in [-0.1, -0.05) is 88.8 Å². The molecule has 1 aliphatic heterocycles. The van der Waals surface area contributed by atoms with Gasteiger partial charge in [-0.25, -0.2) is 0 Å². The highest BCUT2D eigenvalue weighted by molar-refractivity contribution is 8.00. The lowest BCUT2D eigenvalue weighted by atomic mass is 9.96. The number of ketones is 1. The summed E-state index contributed by atoms with van der Waals surface area (Å²) in [6.07, 6.45) is 0. The van der Waals surface area contributed by atoms with Crippen LogP contribution in [0, 0.1) is 0 Å². The molecule has 0 aliphatic carbocycles. The van der Waals surface area contributed by atoms with Crippen molar-refractivity contribution in [2.75, 3.05) is 4.90 Å². The lowest BCUT2D eigenvalue weighted by Crippen LogP contribution is -2.30. The Morgan fingerprint density at radius 2 is 1.89 bits per heavy atom. The van der Waals surface area contributed by atoms with Crippen LogP contribution in [0.4, 0.5) is 5.13 Å².